The fraction of sp³-hybridized carbons (Fsp3) is 0. The predicted octanol–water partition coefficient (Wildman–Crippen LogP) is 26.1. The van der Waals surface area contributed by atoms with Crippen molar-refractivity contribution in [3.8, 4) is 22.6 Å². The third kappa shape index (κ3) is 12.0. The van der Waals surface area contributed by atoms with Gasteiger partial charge in [0.25, 0.3) is 20.1 Å². The lowest BCUT2D eigenvalue weighted by Gasteiger charge is -2.53. The molecule has 0 unspecified atom stereocenters. The number of rotatable bonds is 17. The maximum Gasteiger partial charge on any atom is 0.252 e. The van der Waals surface area contributed by atoms with Crippen molar-refractivity contribution in [2.45, 2.75) is 0 Å². The maximum absolute atomic E-state index is 8.32. The molecular weight excluding hydrogens is 1620 g/mol. The number of hydrogen-bond acceptors (Lipinski definition) is 10. The fourth-order valence-electron chi connectivity index (χ4n) is 22.4. The highest BCUT2D eigenvalue weighted by atomic mass is 16.5. The van der Waals surface area contributed by atoms with Gasteiger partial charge in [-0.1, -0.05) is 255 Å². The van der Waals surface area contributed by atoms with Crippen LogP contribution in [-0.2, 0) is 0 Å². The molecule has 620 valence electrons. The second-order valence-electron chi connectivity index (χ2n) is 35.1. The van der Waals surface area contributed by atoms with E-state index in [2.05, 4.69) is 529 Å². The number of nitrogens with zero attached hydrogens (tertiary/aromatic N) is 9. The molecule has 0 saturated carbocycles. The monoisotopic (exact) mass is 1700 g/mol. The molecule has 0 bridgehead atoms. The number of ether oxygens (including phenoxy) is 1. The van der Waals surface area contributed by atoms with Crippen LogP contribution in [0, 0.1) is 0 Å². The Morgan fingerprint density at radius 2 is 0.406 bits per heavy atom. The summed E-state index contributed by atoms with van der Waals surface area (Å²) in [6, 6.07) is 180. The van der Waals surface area contributed by atoms with Gasteiger partial charge in [-0.05, 0) is 279 Å². The quantitative estimate of drug-likeness (QED) is 0.0823. The van der Waals surface area contributed by atoms with E-state index >= 15 is 0 Å². The molecule has 0 saturated heterocycles. The third-order valence-electron chi connectivity index (χ3n) is 27.7. The van der Waals surface area contributed by atoms with Gasteiger partial charge in [-0.15, -0.1) is 0 Å². The van der Waals surface area contributed by atoms with Gasteiger partial charge in [0, 0.05) is 154 Å². The lowest BCUT2D eigenvalue weighted by molar-refractivity contribution is 0.478. The molecule has 20 aromatic carbocycles. The molecule has 0 amide bonds. The Morgan fingerprint density at radius 1 is 0.158 bits per heavy atom. The largest absolute Gasteiger partial charge is 0.453 e. The number of benzene rings is 20. The van der Waals surface area contributed by atoms with E-state index in [1.54, 1.807) is 0 Å². The van der Waals surface area contributed by atoms with Crippen molar-refractivity contribution >= 4 is 223 Å². The van der Waals surface area contributed by atoms with Crippen molar-refractivity contribution in [2.75, 3.05) is 44.1 Å². The van der Waals surface area contributed by atoms with Crippen LogP contribution in [0.3, 0.4) is 0 Å². The standard InChI is InChI=1S/C120H80B3N9O/c1-14-40-81(41-15-1)82-70-109-115-110(71-82)130(93-62-36-12-37-63-93)107-79-108-102(78-101(107)121(115)99-72-95(66-68-105(99)128(109)91-58-32-10-33-59-91)124(83-42-16-2-17-43-83)84-44-18-3-19-45-84)123-104-75-98(127(89-54-28-8-29-55-89)90-56-30-9-31-57-90)77-114-119(104)132-118-103(74-97(76-113(118)133-114)126(87-50-24-6-25-51-87)88-52-26-7-27-53-88)122-100-73-96(125(85-46-20-4-21-47-85)86-48-22-5-23-49-86)67-69-106(100)129(92-60-34-11-35-61-92)111-80-112(117(123)120(132)116(111)122)131(108)94-64-38-13-39-65-94/h1-80H. The molecule has 133 heavy (non-hydrogen) atoms. The van der Waals surface area contributed by atoms with Crippen LogP contribution >= 0.6 is 0 Å². The second kappa shape index (κ2) is 30.7. The smallest absolute Gasteiger partial charge is 0.252 e. The Morgan fingerprint density at radius 3 is 0.722 bits per heavy atom. The average Bonchev–Trinajstić information content (AvgIpc) is 0.654. The zero-order valence-electron chi connectivity index (χ0n) is 72.4. The van der Waals surface area contributed by atoms with E-state index in [9.17, 15) is 0 Å². The van der Waals surface area contributed by atoms with Gasteiger partial charge in [0.05, 0.1) is 11.4 Å². The molecule has 7 aliphatic heterocycles. The molecule has 0 atom stereocenters. The summed E-state index contributed by atoms with van der Waals surface area (Å²) in [7, 11) is 0. The minimum atomic E-state index is -0.467. The van der Waals surface area contributed by atoms with Gasteiger partial charge in [0.15, 0.2) is 11.5 Å². The van der Waals surface area contributed by atoms with Crippen LogP contribution in [0.25, 0.3) is 11.1 Å². The Hall–Kier alpha value is -17.4. The summed E-state index contributed by atoms with van der Waals surface area (Å²) >= 11 is 0. The van der Waals surface area contributed by atoms with E-state index in [1.165, 1.54) is 32.8 Å². The van der Waals surface area contributed by atoms with Crippen LogP contribution in [0.15, 0.2) is 485 Å². The van der Waals surface area contributed by atoms with Crippen LogP contribution in [0.1, 0.15) is 0 Å². The maximum atomic E-state index is 8.32. The molecule has 0 radical (unpaired) electrons. The lowest BCUT2D eigenvalue weighted by Crippen LogP contribution is -2.69. The first kappa shape index (κ1) is 75.7. The fourth-order valence-corrected chi connectivity index (χ4v) is 22.4. The highest BCUT2D eigenvalue weighted by Crippen LogP contribution is 2.60. The van der Waals surface area contributed by atoms with Crippen molar-refractivity contribution < 1.29 is 4.74 Å². The zero-order chi connectivity index (χ0) is 87.3. The molecule has 13 heteroatoms. The summed E-state index contributed by atoms with van der Waals surface area (Å²) in [5.74, 6) is 1.50. The molecule has 7 heterocycles. The van der Waals surface area contributed by atoms with Gasteiger partial charge in [-0.2, -0.15) is 0 Å². The topological polar surface area (TPSA) is 38.4 Å². The van der Waals surface area contributed by atoms with Gasteiger partial charge < -0.3 is 48.8 Å². The van der Waals surface area contributed by atoms with Crippen LogP contribution in [-0.4, -0.2) is 20.1 Å². The highest BCUT2D eigenvalue weighted by Gasteiger charge is 2.56. The lowest BCUT2D eigenvalue weighted by atomic mass is 9.27. The van der Waals surface area contributed by atoms with Crippen LogP contribution in [0.2, 0.25) is 0 Å². The second-order valence-corrected chi connectivity index (χ2v) is 35.1. The normalized spacial score (nSPS) is 13.1. The van der Waals surface area contributed by atoms with Gasteiger partial charge in [-0.3, -0.25) is 0 Å². The van der Waals surface area contributed by atoms with E-state index < -0.39 is 13.4 Å². The first-order valence-corrected chi connectivity index (χ1v) is 45.8. The van der Waals surface area contributed by atoms with Gasteiger partial charge in [0.2, 0.25) is 0 Å². The number of hydrogen-bond donors (Lipinski definition) is 0. The molecule has 10 nitrogen and oxygen atoms in total. The Kier molecular flexibility index (Phi) is 17.5. The SMILES string of the molecule is c1ccc(-c2cc3c4c(c2)N(c2ccccc2)c2cc5c(cc2B4c2cc(N(c4ccccc4)c4ccccc4)ccc2N3c2ccccc2)B2c3cc(N(c4ccccc4)c4ccccc4)cc4c3N3c6c(cc(N(c7ccccc7)c7ccccc7)cc6B6c7cc(N(c8ccccc8)c8ccccc8)ccc7N(c7ccccc7)c7cc(c2c3c76)N5c2ccccc2)O4)cc1. The first-order chi connectivity index (χ1) is 66.0. The van der Waals surface area contributed by atoms with Gasteiger partial charge in [0.1, 0.15) is 0 Å². The predicted molar refractivity (Wildman–Crippen MR) is 558 cm³/mol. The summed E-state index contributed by atoms with van der Waals surface area (Å²) in [5.41, 5.74) is 41.2. The van der Waals surface area contributed by atoms with E-state index in [-0.39, 0.29) is 6.71 Å². The van der Waals surface area contributed by atoms with Crippen molar-refractivity contribution in [3.63, 3.8) is 0 Å². The summed E-state index contributed by atoms with van der Waals surface area (Å²) in [6.07, 6.45) is 0. The minimum absolute atomic E-state index is 0.363. The zero-order valence-corrected chi connectivity index (χ0v) is 72.4. The Balaban J connectivity index is 0.801. The average molecular weight is 1700 g/mol. The molecule has 7 aliphatic rings. The molecular formula is C120H80B3N9O. The van der Waals surface area contributed by atoms with Crippen molar-refractivity contribution in [3.05, 3.63) is 485 Å². The van der Waals surface area contributed by atoms with Crippen LogP contribution in [0.4, 0.5) is 154 Å². The first-order valence-electron chi connectivity index (χ1n) is 45.8. The van der Waals surface area contributed by atoms with Crippen molar-refractivity contribution in [1.29, 1.82) is 0 Å². The Bertz CT molecular complexity index is 7800. The minimum Gasteiger partial charge on any atom is -0.453 e. The van der Waals surface area contributed by atoms with Crippen LogP contribution in [0.5, 0.6) is 11.5 Å². The highest BCUT2D eigenvalue weighted by molar-refractivity contribution is 7.06. The van der Waals surface area contributed by atoms with Gasteiger partial charge in [-0.25, -0.2) is 0 Å². The molecule has 0 aromatic heterocycles. The summed E-state index contributed by atoms with van der Waals surface area (Å²) in [5, 5.41) is 0. The van der Waals surface area contributed by atoms with Crippen LogP contribution < -0.4 is 98.0 Å². The molecule has 20 aromatic rings. The molecule has 27 rings (SSSR count). The van der Waals surface area contributed by atoms with Crippen molar-refractivity contribution in [2.24, 2.45) is 0 Å². The van der Waals surface area contributed by atoms with E-state index in [1.807, 2.05) is 0 Å². The van der Waals surface area contributed by atoms with Gasteiger partial charge >= 0.3 is 0 Å². The molecule has 0 aliphatic carbocycles. The summed E-state index contributed by atoms with van der Waals surface area (Å²) in [4.78, 5) is 22.8. The Labute approximate surface area is 774 Å². The van der Waals surface area contributed by atoms with Crippen molar-refractivity contribution in [1.82, 2.24) is 0 Å². The molecule has 0 fully saturated rings. The third-order valence-corrected chi connectivity index (χ3v) is 27.7. The molecule has 0 spiro atoms. The van der Waals surface area contributed by atoms with E-state index in [0.29, 0.717) is 0 Å². The number of anilines is 27. The number of para-hydroxylation sites is 12. The summed E-state index contributed by atoms with van der Waals surface area (Å²) < 4.78 is 8.32. The molecule has 0 N–H and O–H groups in total. The van der Waals surface area contributed by atoms with E-state index in [0.717, 1.165) is 193 Å². The van der Waals surface area contributed by atoms with E-state index in [4.69, 9.17) is 4.74 Å². The summed E-state index contributed by atoms with van der Waals surface area (Å²) in [6.45, 7) is -1.24. The number of fused-ring (bicyclic) bond motifs is 10.